The fourth-order valence-electron chi connectivity index (χ4n) is 2.89. The highest BCUT2D eigenvalue weighted by Crippen LogP contribution is 2.15. The highest BCUT2D eigenvalue weighted by molar-refractivity contribution is 5.73. The molecule has 25 heavy (non-hydrogen) atoms. The van der Waals surface area contributed by atoms with Crippen LogP contribution in [0.5, 0.6) is 0 Å². The molecule has 0 heteroatoms. The van der Waals surface area contributed by atoms with E-state index in [0.717, 1.165) is 0 Å². The van der Waals surface area contributed by atoms with E-state index in [4.69, 9.17) is 0 Å². The molecule has 0 amide bonds. The van der Waals surface area contributed by atoms with E-state index in [9.17, 15) is 0 Å². The molecule has 0 bridgehead atoms. The summed E-state index contributed by atoms with van der Waals surface area (Å²) in [4.78, 5) is 0. The van der Waals surface area contributed by atoms with Gasteiger partial charge in [0, 0.05) is 0 Å². The Bertz CT molecular complexity index is 872. The van der Waals surface area contributed by atoms with E-state index in [2.05, 4.69) is 112 Å². The summed E-state index contributed by atoms with van der Waals surface area (Å²) in [7, 11) is 0. The van der Waals surface area contributed by atoms with Gasteiger partial charge in [-0.3, -0.25) is 0 Å². The summed E-state index contributed by atoms with van der Waals surface area (Å²) in [5, 5.41) is 0. The first-order chi connectivity index (χ1) is 12.1. The lowest BCUT2D eigenvalue weighted by Gasteiger charge is -2.00. The molecule has 3 aromatic carbocycles. The zero-order chi connectivity index (χ0) is 17.6. The zero-order valence-corrected chi connectivity index (χ0v) is 15.2. The summed E-state index contributed by atoms with van der Waals surface area (Å²) < 4.78 is 0. The van der Waals surface area contributed by atoms with Crippen LogP contribution in [-0.4, -0.2) is 0 Å². The van der Waals surface area contributed by atoms with E-state index >= 15 is 0 Å². The summed E-state index contributed by atoms with van der Waals surface area (Å²) in [5.74, 6) is 0. The van der Waals surface area contributed by atoms with Gasteiger partial charge in [0.25, 0.3) is 0 Å². The minimum atomic E-state index is 1.21. The lowest BCUT2D eigenvalue weighted by molar-refractivity contribution is 1.37. The van der Waals surface area contributed by atoms with Gasteiger partial charge in [-0.25, -0.2) is 0 Å². The van der Waals surface area contributed by atoms with E-state index in [0.29, 0.717) is 0 Å². The SMILES string of the molecule is Cc1ccc(C=Cc2ccc(C=Cc3cc(C)cc(C)c3)cc2)cc1. The molecule has 0 N–H and O–H groups in total. The van der Waals surface area contributed by atoms with Crippen LogP contribution >= 0.6 is 0 Å². The normalized spacial score (nSPS) is 11.5. The van der Waals surface area contributed by atoms with Crippen molar-refractivity contribution in [2.24, 2.45) is 0 Å². The van der Waals surface area contributed by atoms with Gasteiger partial charge in [0.1, 0.15) is 0 Å². The Balaban J connectivity index is 1.69. The predicted molar refractivity (Wildman–Crippen MR) is 111 cm³/mol. The number of hydrogen-bond donors (Lipinski definition) is 0. The van der Waals surface area contributed by atoms with Crippen LogP contribution in [0.2, 0.25) is 0 Å². The van der Waals surface area contributed by atoms with Gasteiger partial charge in [-0.2, -0.15) is 0 Å². The molecule has 124 valence electrons. The van der Waals surface area contributed by atoms with Gasteiger partial charge >= 0.3 is 0 Å². The molecular weight excluding hydrogens is 300 g/mol. The second-order valence-electron chi connectivity index (χ2n) is 6.67. The van der Waals surface area contributed by atoms with Gasteiger partial charge < -0.3 is 0 Å². The fraction of sp³-hybridized carbons (Fsp3) is 0.120. The minimum absolute atomic E-state index is 1.21. The molecule has 0 nitrogen and oxygen atoms in total. The van der Waals surface area contributed by atoms with Gasteiger partial charge in [-0.1, -0.05) is 108 Å². The lowest BCUT2D eigenvalue weighted by atomic mass is 10.1. The average molecular weight is 324 g/mol. The van der Waals surface area contributed by atoms with Crippen molar-refractivity contribution < 1.29 is 0 Å². The summed E-state index contributed by atoms with van der Waals surface area (Å²) in [5.41, 5.74) is 8.80. The minimum Gasteiger partial charge on any atom is -0.0587 e. The molecule has 0 aliphatic rings. The Labute approximate surface area is 151 Å². The molecule has 0 aliphatic heterocycles. The maximum absolute atomic E-state index is 2.21. The molecular formula is C25H24. The molecule has 0 radical (unpaired) electrons. The topological polar surface area (TPSA) is 0 Å². The third kappa shape index (κ3) is 5.06. The highest BCUT2D eigenvalue weighted by Gasteiger charge is 1.93. The molecule has 0 aromatic heterocycles. The van der Waals surface area contributed by atoms with E-state index in [-0.39, 0.29) is 0 Å². The van der Waals surface area contributed by atoms with Crippen LogP contribution in [-0.2, 0) is 0 Å². The van der Waals surface area contributed by atoms with Crippen LogP contribution in [0, 0.1) is 20.8 Å². The second-order valence-corrected chi connectivity index (χ2v) is 6.67. The third-order valence-corrected chi connectivity index (χ3v) is 4.19. The smallest absolute Gasteiger partial charge is 0.0251 e. The van der Waals surface area contributed by atoms with Crippen molar-refractivity contribution in [3.8, 4) is 0 Å². The Morgan fingerprint density at radius 1 is 0.400 bits per heavy atom. The Morgan fingerprint density at radius 2 is 0.760 bits per heavy atom. The van der Waals surface area contributed by atoms with Gasteiger partial charge in [-0.05, 0) is 43.0 Å². The van der Waals surface area contributed by atoms with Crippen LogP contribution in [0.25, 0.3) is 24.3 Å². The van der Waals surface area contributed by atoms with Gasteiger partial charge in [-0.15, -0.1) is 0 Å². The van der Waals surface area contributed by atoms with E-state index in [1.807, 2.05) is 0 Å². The molecule has 0 saturated carbocycles. The van der Waals surface area contributed by atoms with Crippen LogP contribution in [0.15, 0.2) is 66.7 Å². The Morgan fingerprint density at radius 3 is 1.20 bits per heavy atom. The zero-order valence-electron chi connectivity index (χ0n) is 15.2. The highest BCUT2D eigenvalue weighted by atomic mass is 14.0. The lowest BCUT2D eigenvalue weighted by Crippen LogP contribution is -1.80. The molecule has 0 fully saturated rings. The van der Waals surface area contributed by atoms with Crippen molar-refractivity contribution >= 4 is 24.3 Å². The largest absolute Gasteiger partial charge is 0.0587 e. The predicted octanol–water partition coefficient (Wildman–Crippen LogP) is 6.95. The van der Waals surface area contributed by atoms with Crippen molar-refractivity contribution in [3.63, 3.8) is 0 Å². The quantitative estimate of drug-likeness (QED) is 0.455. The number of benzene rings is 3. The molecule has 0 aliphatic carbocycles. The van der Waals surface area contributed by atoms with E-state index in [1.54, 1.807) is 0 Å². The molecule has 0 heterocycles. The summed E-state index contributed by atoms with van der Waals surface area (Å²) in [6, 6.07) is 23.8. The fourth-order valence-corrected chi connectivity index (χ4v) is 2.89. The maximum atomic E-state index is 2.21. The first-order valence-corrected chi connectivity index (χ1v) is 8.70. The van der Waals surface area contributed by atoms with Crippen LogP contribution in [0.4, 0.5) is 0 Å². The van der Waals surface area contributed by atoms with E-state index < -0.39 is 0 Å². The van der Waals surface area contributed by atoms with Crippen molar-refractivity contribution in [3.05, 3.63) is 106 Å². The van der Waals surface area contributed by atoms with Gasteiger partial charge in [0.15, 0.2) is 0 Å². The maximum Gasteiger partial charge on any atom is -0.0251 e. The number of aryl methyl sites for hydroxylation is 3. The van der Waals surface area contributed by atoms with Gasteiger partial charge in [0.05, 0.1) is 0 Å². The van der Waals surface area contributed by atoms with Crippen molar-refractivity contribution in [2.45, 2.75) is 20.8 Å². The monoisotopic (exact) mass is 324 g/mol. The first-order valence-electron chi connectivity index (χ1n) is 8.70. The second kappa shape index (κ2) is 7.81. The summed E-state index contributed by atoms with van der Waals surface area (Å²) in [6.45, 7) is 6.39. The Hall–Kier alpha value is -2.86. The molecule has 0 saturated heterocycles. The Kier molecular flexibility index (Phi) is 5.30. The van der Waals surface area contributed by atoms with Gasteiger partial charge in [0.2, 0.25) is 0 Å². The van der Waals surface area contributed by atoms with Crippen molar-refractivity contribution in [1.29, 1.82) is 0 Å². The molecule has 3 rings (SSSR count). The van der Waals surface area contributed by atoms with Crippen molar-refractivity contribution in [1.82, 2.24) is 0 Å². The standard InChI is InChI=1S/C25H24/c1-19-4-6-22(7-5-19)8-9-23-10-12-24(13-11-23)14-15-25-17-20(2)16-21(3)18-25/h4-18H,1-3H3. The summed E-state index contributed by atoms with van der Waals surface area (Å²) >= 11 is 0. The molecule has 3 aromatic rings. The van der Waals surface area contributed by atoms with Crippen LogP contribution in [0.3, 0.4) is 0 Å². The van der Waals surface area contributed by atoms with Crippen LogP contribution in [0.1, 0.15) is 38.9 Å². The molecule has 0 unspecified atom stereocenters. The molecule has 0 spiro atoms. The third-order valence-electron chi connectivity index (χ3n) is 4.19. The first kappa shape index (κ1) is 17.0. The van der Waals surface area contributed by atoms with Crippen LogP contribution < -0.4 is 0 Å². The summed E-state index contributed by atoms with van der Waals surface area (Å²) in [6.07, 6.45) is 8.65. The molecule has 0 atom stereocenters. The van der Waals surface area contributed by atoms with Crippen molar-refractivity contribution in [2.75, 3.05) is 0 Å². The average Bonchev–Trinajstić information content (AvgIpc) is 2.60. The number of rotatable bonds is 4. The van der Waals surface area contributed by atoms with E-state index in [1.165, 1.54) is 38.9 Å². The number of hydrogen-bond acceptors (Lipinski definition) is 0.